The average Bonchev–Trinajstić information content (AvgIpc) is 1.65. The summed E-state index contributed by atoms with van der Waals surface area (Å²) in [6, 6.07) is 115. The van der Waals surface area contributed by atoms with Gasteiger partial charge in [0, 0.05) is 123 Å². The number of para-hydroxylation sites is 3. The number of alkyl halides is 1. The second-order valence-corrected chi connectivity index (χ2v) is 32.2. The SMILES string of the molecule is Brc1ccc(-c2ccc(-c3ccc(Br)cc3)n2-c2ccccc2)cc1.CC(=O)O.CC(=O)c1ccc(Br)cc1.Cc1ccncc1.Nc1ccccc1.O=C(CBr)c1ccc(Br)cc1.O=C(CCC(=O)c1ccc(Br)cc1)c1ccc(Br)cc1.c1ccc(-n2c(-c3ccc(-c4ccncc4)cc3)ccc2-c2ccc(-c3ccncc3)cc2)cc1. The van der Waals surface area contributed by atoms with E-state index in [0.717, 1.165) is 73.3 Å². The maximum Gasteiger partial charge on any atom is 0.300 e. The molecule has 0 aliphatic carbocycles. The van der Waals surface area contributed by atoms with E-state index in [2.05, 4.69) is 312 Å². The van der Waals surface area contributed by atoms with Gasteiger partial charge in [0.25, 0.3) is 5.97 Å². The van der Waals surface area contributed by atoms with Crippen LogP contribution in [0.5, 0.6) is 0 Å². The molecule has 0 spiro atoms. The number of carbonyl (C=O) groups is 5. The minimum atomic E-state index is -0.833. The highest BCUT2D eigenvalue weighted by Gasteiger charge is 2.17. The van der Waals surface area contributed by atoms with Gasteiger partial charge in [0.1, 0.15) is 0 Å². The van der Waals surface area contributed by atoms with Crippen LogP contribution < -0.4 is 5.73 Å². The predicted molar refractivity (Wildman–Crippen MR) is 511 cm³/mol. The number of hydrogen-bond donors (Lipinski definition) is 2. The number of halogens is 7. The molecule has 12 nitrogen and oxygen atoms in total. The van der Waals surface area contributed by atoms with Crippen LogP contribution >= 0.6 is 112 Å². The molecular weight excluding hydrogens is 1940 g/mol. The summed E-state index contributed by atoms with van der Waals surface area (Å²) in [5.41, 5.74) is 26.6. The highest BCUT2D eigenvalue weighted by Crippen LogP contribution is 2.37. The molecule has 0 saturated carbocycles. The van der Waals surface area contributed by atoms with Crippen molar-refractivity contribution in [2.45, 2.75) is 33.6 Å². The van der Waals surface area contributed by atoms with Gasteiger partial charge < -0.3 is 20.0 Å². The number of pyridine rings is 3. The smallest absolute Gasteiger partial charge is 0.300 e. The van der Waals surface area contributed by atoms with Crippen molar-refractivity contribution in [3.8, 4) is 78.7 Å². The monoisotopic (exact) mass is 2010 g/mol. The first-order chi connectivity index (χ1) is 57.6. The Labute approximate surface area is 753 Å². The van der Waals surface area contributed by atoms with Crippen molar-refractivity contribution in [2.75, 3.05) is 11.1 Å². The van der Waals surface area contributed by atoms with Gasteiger partial charge in [-0.2, -0.15) is 0 Å². The number of anilines is 1. The molecule has 0 aliphatic heterocycles. The number of nitrogen functional groups attached to an aromatic ring is 1. The zero-order valence-electron chi connectivity index (χ0n) is 64.9. The summed E-state index contributed by atoms with van der Waals surface area (Å²) in [7, 11) is 0. The van der Waals surface area contributed by atoms with Crippen LogP contribution in [0.1, 0.15) is 73.7 Å². The van der Waals surface area contributed by atoms with Crippen LogP contribution in [-0.2, 0) is 4.79 Å². The summed E-state index contributed by atoms with van der Waals surface area (Å²) in [4.78, 5) is 66.8. The number of rotatable bonds is 16. The van der Waals surface area contributed by atoms with Gasteiger partial charge in [0.05, 0.1) is 28.1 Å². The fraction of sp³-hybridized carbons (Fsp3) is 0.0600. The number of aryl methyl sites for hydroxylation is 1. The molecule has 0 saturated heterocycles. The number of benzene rings is 11. The Morgan fingerprint density at radius 2 is 0.521 bits per heavy atom. The van der Waals surface area contributed by atoms with E-state index in [4.69, 9.17) is 15.6 Å². The van der Waals surface area contributed by atoms with Crippen molar-refractivity contribution in [2.24, 2.45) is 0 Å². The molecule has 16 rings (SSSR count). The lowest BCUT2D eigenvalue weighted by Gasteiger charge is -2.15. The van der Waals surface area contributed by atoms with Crippen molar-refractivity contribution >= 4 is 146 Å². The van der Waals surface area contributed by atoms with E-state index >= 15 is 0 Å². The summed E-state index contributed by atoms with van der Waals surface area (Å²) >= 11 is 23.4. The Balaban J connectivity index is 0.000000169. The fourth-order valence-electron chi connectivity index (χ4n) is 11.5. The number of hydrogen-bond acceptors (Lipinski definition) is 9. The normalized spacial score (nSPS) is 10.1. The van der Waals surface area contributed by atoms with E-state index in [0.29, 0.717) is 16.5 Å². The number of Topliss-reactive ketones (excluding diaryl/α,β-unsaturated/α-hetero) is 4. The van der Waals surface area contributed by atoms with Crippen LogP contribution in [-0.4, -0.2) is 63.6 Å². The number of aliphatic carboxylic acids is 1. The molecule has 19 heteroatoms. The zero-order valence-corrected chi connectivity index (χ0v) is 76.0. The van der Waals surface area contributed by atoms with Gasteiger partial charge >= 0.3 is 0 Å². The number of carboxylic acid groups (broad SMARTS) is 1. The van der Waals surface area contributed by atoms with Gasteiger partial charge in [0.15, 0.2) is 23.1 Å². The Kier molecular flexibility index (Phi) is 37.4. The lowest BCUT2D eigenvalue weighted by Crippen LogP contribution is -2.05. The Hall–Kier alpha value is -11.3. The summed E-state index contributed by atoms with van der Waals surface area (Å²) < 4.78 is 10.7. The molecule has 0 amide bonds. The Morgan fingerprint density at radius 3 is 0.765 bits per heavy atom. The molecule has 0 atom stereocenters. The molecule has 5 aromatic heterocycles. The van der Waals surface area contributed by atoms with Gasteiger partial charge in [0.2, 0.25) is 0 Å². The standard InChI is InChI=1S/C32H23N3.C22H15Br2N.C16H12Br2O2.C8H6Br2O.C8H7BrO.2C6H7N.C2H4O2/c1-2-4-30(5-3-1)35-31(28-10-6-24(7-11-28)26-16-20-33-21-17-26)14-15-32(35)29-12-8-25(9-13-29)27-18-22-34-23-19-27;23-18-10-6-16(7-11-18)21-14-15-22(17-8-12-19(24)13-9-17)25(21)20-4-2-1-3-5-20;17-13-5-1-11(2-6-13)15(19)9-10-16(20)12-3-7-14(18)8-4-12;9-5-8(11)6-1-3-7(10)4-2-6;1-6(10)7-2-4-8(9)5-3-7;1-6-2-4-7-5-3-6;7-6-4-2-1-3-5-6;1-2(3)4/h1-23H;1-15H;1-8H,9-10H2;1-4H,5H2;2-5H,1H3;2-5H,1H3;1-5H,7H2;1H3,(H,3,4). The molecular formula is C100H81Br7N6O6. The van der Waals surface area contributed by atoms with Gasteiger partial charge in [-0.25, -0.2) is 0 Å². The number of ketones is 4. The Morgan fingerprint density at radius 1 is 0.294 bits per heavy atom. The number of nitrogens with two attached hydrogens (primary N) is 1. The molecule has 5 heterocycles. The second kappa shape index (κ2) is 48.6. The summed E-state index contributed by atoms with van der Waals surface area (Å²) in [6.07, 6.45) is 11.4. The second-order valence-electron chi connectivity index (χ2n) is 26.1. The number of carbonyl (C=O) groups excluding carboxylic acids is 4. The maximum absolute atomic E-state index is 12.0. The lowest BCUT2D eigenvalue weighted by molar-refractivity contribution is -0.134. The molecule has 0 bridgehead atoms. The van der Waals surface area contributed by atoms with Crippen molar-refractivity contribution in [1.82, 2.24) is 24.1 Å². The number of carboxylic acids is 1. The first-order valence-electron chi connectivity index (χ1n) is 37.2. The first-order valence-corrected chi connectivity index (χ1v) is 43.1. The minimum absolute atomic E-state index is 0.0111. The third-order valence-electron chi connectivity index (χ3n) is 17.6. The van der Waals surface area contributed by atoms with Crippen LogP contribution in [0, 0.1) is 6.92 Å². The third kappa shape index (κ3) is 29.9. The van der Waals surface area contributed by atoms with Crippen LogP contribution in [0.3, 0.4) is 0 Å². The molecule has 3 N–H and O–H groups in total. The van der Waals surface area contributed by atoms with Gasteiger partial charge in [-0.15, -0.1) is 0 Å². The molecule has 16 aromatic rings. The predicted octanol–water partition coefficient (Wildman–Crippen LogP) is 28.8. The zero-order chi connectivity index (χ0) is 84.8. The van der Waals surface area contributed by atoms with Crippen LogP contribution in [0.25, 0.3) is 78.7 Å². The number of aromatic nitrogens is 5. The van der Waals surface area contributed by atoms with E-state index in [-0.39, 0.29) is 36.0 Å². The third-order valence-corrected chi connectivity index (χ3v) is 21.2. The van der Waals surface area contributed by atoms with Gasteiger partial charge in [-0.05, 0) is 234 Å². The molecule has 0 fully saturated rings. The molecule has 11 aromatic carbocycles. The van der Waals surface area contributed by atoms with Crippen molar-refractivity contribution in [1.29, 1.82) is 0 Å². The molecule has 596 valence electrons. The highest BCUT2D eigenvalue weighted by atomic mass is 79.9. The van der Waals surface area contributed by atoms with E-state index in [1.54, 1.807) is 67.8 Å². The largest absolute Gasteiger partial charge is 0.481 e. The van der Waals surface area contributed by atoms with E-state index < -0.39 is 5.97 Å². The minimum Gasteiger partial charge on any atom is -0.481 e. The van der Waals surface area contributed by atoms with E-state index in [1.165, 1.54) is 61.5 Å². The van der Waals surface area contributed by atoms with Crippen LogP contribution in [0.15, 0.2) is 410 Å². The summed E-state index contributed by atoms with van der Waals surface area (Å²) in [5.74, 6) is -0.643. The molecule has 0 aliphatic rings. The van der Waals surface area contributed by atoms with Gasteiger partial charge in [-0.1, -0.05) is 287 Å². The maximum atomic E-state index is 12.0. The quantitative estimate of drug-likeness (QED) is 0.0537. The molecule has 0 unspecified atom stereocenters. The fourth-order valence-corrected chi connectivity index (χ4v) is 13.5. The average molecular weight is 2020 g/mol. The van der Waals surface area contributed by atoms with Crippen LogP contribution in [0.2, 0.25) is 0 Å². The topological polar surface area (TPSA) is 180 Å². The first kappa shape index (κ1) is 91.6. The lowest BCUT2D eigenvalue weighted by atomic mass is 10.0. The van der Waals surface area contributed by atoms with Crippen molar-refractivity contribution in [3.05, 3.63) is 438 Å². The number of nitrogens with zero attached hydrogens (tertiary/aromatic N) is 5. The molecule has 119 heavy (non-hydrogen) atoms. The highest BCUT2D eigenvalue weighted by molar-refractivity contribution is 9.11. The van der Waals surface area contributed by atoms with Crippen molar-refractivity contribution in [3.63, 3.8) is 0 Å². The van der Waals surface area contributed by atoms with Crippen molar-refractivity contribution < 1.29 is 29.1 Å². The summed E-state index contributed by atoms with van der Waals surface area (Å²) in [6.45, 7) is 4.69. The summed E-state index contributed by atoms with van der Waals surface area (Å²) in [5, 5.41) is 7.80. The van der Waals surface area contributed by atoms with E-state index in [9.17, 15) is 19.2 Å². The van der Waals surface area contributed by atoms with Gasteiger partial charge in [-0.3, -0.25) is 38.9 Å². The molecule has 0 radical (unpaired) electrons. The van der Waals surface area contributed by atoms with Crippen LogP contribution in [0.4, 0.5) is 5.69 Å². The Bertz CT molecular complexity index is 5540. The van der Waals surface area contributed by atoms with E-state index in [1.807, 2.05) is 153 Å².